The fraction of sp³-hybridized carbons (Fsp3) is 0.150. The summed E-state index contributed by atoms with van der Waals surface area (Å²) in [5, 5.41) is 2.74. The number of sulfonamides is 1. The van der Waals surface area contributed by atoms with E-state index in [0.717, 1.165) is 5.56 Å². The standard InChI is InChI=1S/C20H21N5O3S/c21-9-10-25-29(27,28)18-8-4-5-15(11-18)12-24-20(26)17-13-22-19(23-14-17)16-6-2-1-3-7-16/h1-8,11,13-14,25H,9-10,12,21H2,(H,24,26). The van der Waals surface area contributed by atoms with Crippen molar-refractivity contribution in [1.29, 1.82) is 0 Å². The highest BCUT2D eigenvalue weighted by atomic mass is 32.2. The van der Waals surface area contributed by atoms with Crippen molar-refractivity contribution in [2.24, 2.45) is 5.73 Å². The highest BCUT2D eigenvalue weighted by Gasteiger charge is 2.14. The maximum atomic E-state index is 12.4. The first-order valence-corrected chi connectivity index (χ1v) is 10.4. The number of rotatable bonds is 8. The predicted octanol–water partition coefficient (Wildman–Crippen LogP) is 1.31. The molecule has 0 fully saturated rings. The van der Waals surface area contributed by atoms with Crippen LogP contribution in [0.2, 0.25) is 0 Å². The van der Waals surface area contributed by atoms with Gasteiger partial charge in [0.25, 0.3) is 5.91 Å². The second-order valence-corrected chi connectivity index (χ2v) is 7.94. The van der Waals surface area contributed by atoms with Crippen LogP contribution in [-0.2, 0) is 16.6 Å². The molecule has 2 aromatic carbocycles. The van der Waals surface area contributed by atoms with Crippen molar-refractivity contribution < 1.29 is 13.2 Å². The number of nitrogens with zero attached hydrogens (tertiary/aromatic N) is 2. The van der Waals surface area contributed by atoms with Crippen molar-refractivity contribution >= 4 is 15.9 Å². The molecule has 0 spiro atoms. The molecule has 29 heavy (non-hydrogen) atoms. The lowest BCUT2D eigenvalue weighted by atomic mass is 10.2. The van der Waals surface area contributed by atoms with Crippen LogP contribution < -0.4 is 15.8 Å². The number of amides is 1. The molecule has 0 unspecified atom stereocenters. The van der Waals surface area contributed by atoms with Crippen LogP contribution in [0.15, 0.2) is 71.9 Å². The largest absolute Gasteiger partial charge is 0.348 e. The van der Waals surface area contributed by atoms with E-state index in [9.17, 15) is 13.2 Å². The molecule has 4 N–H and O–H groups in total. The third kappa shape index (κ3) is 5.44. The van der Waals surface area contributed by atoms with Gasteiger partial charge in [0.1, 0.15) is 0 Å². The zero-order chi connectivity index (χ0) is 20.7. The van der Waals surface area contributed by atoms with Crippen molar-refractivity contribution in [2.45, 2.75) is 11.4 Å². The maximum Gasteiger partial charge on any atom is 0.254 e. The number of hydrogen-bond donors (Lipinski definition) is 3. The molecule has 0 bridgehead atoms. The Morgan fingerprint density at radius 2 is 1.72 bits per heavy atom. The Morgan fingerprint density at radius 1 is 1.00 bits per heavy atom. The van der Waals surface area contributed by atoms with Crippen LogP contribution in [0, 0.1) is 0 Å². The van der Waals surface area contributed by atoms with Crippen LogP contribution in [-0.4, -0.2) is 37.4 Å². The van der Waals surface area contributed by atoms with Gasteiger partial charge < -0.3 is 11.1 Å². The Kier molecular flexibility index (Phi) is 6.65. The molecule has 0 radical (unpaired) electrons. The normalized spacial score (nSPS) is 11.2. The Balaban J connectivity index is 1.64. The second kappa shape index (κ2) is 9.37. The van der Waals surface area contributed by atoms with Gasteiger partial charge in [0.15, 0.2) is 5.82 Å². The predicted molar refractivity (Wildman–Crippen MR) is 109 cm³/mol. The maximum absolute atomic E-state index is 12.4. The molecule has 3 rings (SSSR count). The first kappa shape index (κ1) is 20.6. The smallest absolute Gasteiger partial charge is 0.254 e. The number of carbonyl (C=O) groups excluding carboxylic acids is 1. The summed E-state index contributed by atoms with van der Waals surface area (Å²) in [5.74, 6) is 0.184. The van der Waals surface area contributed by atoms with Gasteiger partial charge in [0.2, 0.25) is 10.0 Å². The summed E-state index contributed by atoms with van der Waals surface area (Å²) in [6.45, 7) is 0.530. The van der Waals surface area contributed by atoms with Gasteiger partial charge in [0.05, 0.1) is 10.5 Å². The quantitative estimate of drug-likeness (QED) is 0.513. The lowest BCUT2D eigenvalue weighted by molar-refractivity contribution is 0.0950. The Morgan fingerprint density at radius 3 is 2.41 bits per heavy atom. The van der Waals surface area contributed by atoms with E-state index in [1.54, 1.807) is 12.1 Å². The van der Waals surface area contributed by atoms with Crippen LogP contribution >= 0.6 is 0 Å². The van der Waals surface area contributed by atoms with Gasteiger partial charge in [-0.05, 0) is 17.7 Å². The summed E-state index contributed by atoms with van der Waals surface area (Å²) in [4.78, 5) is 20.9. The molecule has 0 aliphatic rings. The van der Waals surface area contributed by atoms with E-state index in [1.807, 2.05) is 30.3 Å². The molecular formula is C20H21N5O3S. The molecule has 0 atom stereocenters. The average Bonchev–Trinajstić information content (AvgIpc) is 2.77. The minimum atomic E-state index is -3.63. The fourth-order valence-electron chi connectivity index (χ4n) is 2.57. The SMILES string of the molecule is NCCNS(=O)(=O)c1cccc(CNC(=O)c2cnc(-c3ccccc3)nc2)c1. The highest BCUT2D eigenvalue weighted by Crippen LogP contribution is 2.14. The van der Waals surface area contributed by atoms with Gasteiger partial charge in [-0.15, -0.1) is 0 Å². The molecule has 9 heteroatoms. The number of nitrogens with two attached hydrogens (primary N) is 1. The van der Waals surface area contributed by atoms with Crippen molar-refractivity contribution in [2.75, 3.05) is 13.1 Å². The third-order valence-electron chi connectivity index (χ3n) is 4.04. The topological polar surface area (TPSA) is 127 Å². The van der Waals surface area contributed by atoms with E-state index in [4.69, 9.17) is 5.73 Å². The number of nitrogens with one attached hydrogen (secondary N) is 2. The van der Waals surface area contributed by atoms with Crippen molar-refractivity contribution in [3.63, 3.8) is 0 Å². The van der Waals surface area contributed by atoms with Crippen LogP contribution in [0.25, 0.3) is 11.4 Å². The Hall–Kier alpha value is -3.14. The van der Waals surface area contributed by atoms with Gasteiger partial charge in [-0.2, -0.15) is 0 Å². The molecule has 1 heterocycles. The molecule has 0 saturated heterocycles. The van der Waals surface area contributed by atoms with E-state index >= 15 is 0 Å². The fourth-order valence-corrected chi connectivity index (χ4v) is 3.68. The summed E-state index contributed by atoms with van der Waals surface area (Å²) >= 11 is 0. The van der Waals surface area contributed by atoms with Crippen molar-refractivity contribution in [3.05, 3.63) is 78.1 Å². The average molecular weight is 411 g/mol. The van der Waals surface area contributed by atoms with Crippen LogP contribution in [0.4, 0.5) is 0 Å². The lowest BCUT2D eigenvalue weighted by Gasteiger charge is -2.09. The summed E-state index contributed by atoms with van der Waals surface area (Å²) in [5.41, 5.74) is 7.17. The first-order chi connectivity index (χ1) is 14.0. The van der Waals surface area contributed by atoms with Gasteiger partial charge in [-0.25, -0.2) is 23.1 Å². The lowest BCUT2D eigenvalue weighted by Crippen LogP contribution is -2.29. The molecule has 1 amide bonds. The molecule has 150 valence electrons. The zero-order valence-electron chi connectivity index (χ0n) is 15.6. The molecule has 8 nitrogen and oxygen atoms in total. The Bertz CT molecular complexity index is 1070. The molecule has 0 saturated carbocycles. The Labute approximate surface area is 169 Å². The van der Waals surface area contributed by atoms with E-state index < -0.39 is 10.0 Å². The van der Waals surface area contributed by atoms with E-state index in [2.05, 4.69) is 20.0 Å². The van der Waals surface area contributed by atoms with Gasteiger partial charge in [-0.3, -0.25) is 4.79 Å². The van der Waals surface area contributed by atoms with Crippen LogP contribution in [0.5, 0.6) is 0 Å². The minimum absolute atomic E-state index is 0.119. The monoisotopic (exact) mass is 411 g/mol. The number of hydrogen-bond acceptors (Lipinski definition) is 6. The van der Waals surface area contributed by atoms with Gasteiger partial charge in [-0.1, -0.05) is 42.5 Å². The summed E-state index contributed by atoms with van der Waals surface area (Å²) < 4.78 is 26.8. The van der Waals surface area contributed by atoms with E-state index in [0.29, 0.717) is 17.0 Å². The van der Waals surface area contributed by atoms with E-state index in [-0.39, 0.29) is 30.4 Å². The summed E-state index contributed by atoms with van der Waals surface area (Å²) in [6, 6.07) is 15.8. The van der Waals surface area contributed by atoms with Gasteiger partial charge >= 0.3 is 0 Å². The van der Waals surface area contributed by atoms with Gasteiger partial charge in [0, 0.05) is 37.6 Å². The van der Waals surface area contributed by atoms with Crippen molar-refractivity contribution in [1.82, 2.24) is 20.0 Å². The first-order valence-electron chi connectivity index (χ1n) is 8.94. The molecular weight excluding hydrogens is 390 g/mol. The third-order valence-corrected chi connectivity index (χ3v) is 5.50. The van der Waals surface area contributed by atoms with E-state index in [1.165, 1.54) is 24.5 Å². The molecule has 3 aromatic rings. The second-order valence-electron chi connectivity index (χ2n) is 6.18. The molecule has 1 aromatic heterocycles. The highest BCUT2D eigenvalue weighted by molar-refractivity contribution is 7.89. The van der Waals surface area contributed by atoms with Crippen molar-refractivity contribution in [3.8, 4) is 11.4 Å². The zero-order valence-corrected chi connectivity index (χ0v) is 16.4. The van der Waals surface area contributed by atoms with Crippen LogP contribution in [0.1, 0.15) is 15.9 Å². The summed E-state index contributed by atoms with van der Waals surface area (Å²) in [6.07, 6.45) is 2.92. The number of benzene rings is 2. The number of aromatic nitrogens is 2. The number of carbonyl (C=O) groups is 1. The minimum Gasteiger partial charge on any atom is -0.348 e. The summed E-state index contributed by atoms with van der Waals surface area (Å²) in [7, 11) is -3.63. The van der Waals surface area contributed by atoms with Crippen LogP contribution in [0.3, 0.4) is 0 Å². The molecule has 0 aliphatic heterocycles. The molecule has 0 aliphatic carbocycles.